The van der Waals surface area contributed by atoms with E-state index in [0.29, 0.717) is 23.6 Å². The molecule has 0 bridgehead atoms. The summed E-state index contributed by atoms with van der Waals surface area (Å²) in [5.41, 5.74) is 4.93. The summed E-state index contributed by atoms with van der Waals surface area (Å²) in [6.07, 6.45) is -0.573. The molecule has 3 rings (SSSR count). The summed E-state index contributed by atoms with van der Waals surface area (Å²) >= 11 is 0. The van der Waals surface area contributed by atoms with E-state index in [1.165, 1.54) is 14.2 Å². The van der Waals surface area contributed by atoms with E-state index in [1.54, 1.807) is 45.9 Å². The SMILES string of the molecule is COCCOCN(C(=O)OC(C)(C)C)C1=N[C@]2(C)c3cc(N)ccc3OCC[C@H]2S(=O)(=O)N1C. The first kappa shape index (κ1) is 26.0. The van der Waals surface area contributed by atoms with Crippen molar-refractivity contribution in [1.82, 2.24) is 9.21 Å². The van der Waals surface area contributed by atoms with E-state index in [0.717, 1.165) is 9.21 Å². The number of nitrogens with zero attached hydrogens (tertiary/aromatic N) is 3. The van der Waals surface area contributed by atoms with Crippen molar-refractivity contribution in [2.45, 2.75) is 50.5 Å². The average Bonchev–Trinajstić information content (AvgIpc) is 2.87. The Labute approximate surface area is 200 Å². The molecular weight excluding hydrogens is 464 g/mol. The molecule has 0 fully saturated rings. The van der Waals surface area contributed by atoms with Gasteiger partial charge in [-0.25, -0.2) is 27.4 Å². The van der Waals surface area contributed by atoms with Crippen LogP contribution in [-0.4, -0.2) is 81.2 Å². The first-order chi connectivity index (χ1) is 15.8. The number of fused-ring (bicyclic) bond motifs is 3. The summed E-state index contributed by atoms with van der Waals surface area (Å²) in [4.78, 5) is 19.1. The number of guanidine groups is 1. The van der Waals surface area contributed by atoms with E-state index >= 15 is 0 Å². The van der Waals surface area contributed by atoms with Gasteiger partial charge in [0.15, 0.2) is 0 Å². The minimum Gasteiger partial charge on any atom is -0.493 e. The molecule has 0 saturated heterocycles. The second-order valence-electron chi connectivity index (χ2n) is 9.39. The number of aliphatic imine (C=N–C) groups is 1. The molecule has 2 heterocycles. The molecule has 0 spiro atoms. The lowest BCUT2D eigenvalue weighted by molar-refractivity contribution is -0.00422. The molecule has 2 aliphatic heterocycles. The Morgan fingerprint density at radius 1 is 1.35 bits per heavy atom. The number of anilines is 1. The summed E-state index contributed by atoms with van der Waals surface area (Å²) in [6.45, 7) is 7.28. The molecule has 0 radical (unpaired) electrons. The van der Waals surface area contributed by atoms with E-state index in [-0.39, 0.29) is 32.3 Å². The summed E-state index contributed by atoms with van der Waals surface area (Å²) in [5.74, 6) is 0.392. The van der Waals surface area contributed by atoms with Crippen LogP contribution in [0.15, 0.2) is 23.2 Å². The number of amides is 1. The molecule has 1 amide bonds. The third-order valence-corrected chi connectivity index (χ3v) is 8.02. The fraction of sp³-hybridized carbons (Fsp3) is 0.636. The van der Waals surface area contributed by atoms with E-state index in [2.05, 4.69) is 0 Å². The van der Waals surface area contributed by atoms with Gasteiger partial charge in [-0.2, -0.15) is 0 Å². The van der Waals surface area contributed by atoms with Crippen LogP contribution in [0.25, 0.3) is 0 Å². The number of carbonyl (C=O) groups is 1. The Bertz CT molecular complexity index is 1050. The lowest BCUT2D eigenvalue weighted by Crippen LogP contribution is -2.59. The highest BCUT2D eigenvalue weighted by Gasteiger charge is 2.54. The first-order valence-electron chi connectivity index (χ1n) is 11.0. The van der Waals surface area contributed by atoms with Crippen LogP contribution in [0.1, 0.15) is 39.7 Å². The van der Waals surface area contributed by atoms with Crippen molar-refractivity contribution < 1.29 is 32.2 Å². The molecule has 0 aliphatic carbocycles. The van der Waals surface area contributed by atoms with Gasteiger partial charge in [-0.1, -0.05) is 0 Å². The largest absolute Gasteiger partial charge is 0.493 e. The summed E-state index contributed by atoms with van der Waals surface area (Å²) < 4.78 is 50.4. The van der Waals surface area contributed by atoms with Gasteiger partial charge in [0, 0.05) is 31.8 Å². The van der Waals surface area contributed by atoms with Gasteiger partial charge in [0.2, 0.25) is 16.0 Å². The zero-order chi connectivity index (χ0) is 25.3. The lowest BCUT2D eigenvalue weighted by atomic mass is 9.87. The molecule has 190 valence electrons. The maximum atomic E-state index is 13.7. The van der Waals surface area contributed by atoms with E-state index < -0.39 is 32.5 Å². The molecule has 11 nitrogen and oxygen atoms in total. The van der Waals surface area contributed by atoms with Crippen molar-refractivity contribution >= 4 is 27.8 Å². The maximum absolute atomic E-state index is 13.7. The molecule has 0 aromatic heterocycles. The molecule has 2 atom stereocenters. The van der Waals surface area contributed by atoms with Crippen LogP contribution < -0.4 is 10.5 Å². The number of carbonyl (C=O) groups excluding carboxylic acids is 1. The van der Waals surface area contributed by atoms with E-state index in [9.17, 15) is 13.2 Å². The Morgan fingerprint density at radius 2 is 2.06 bits per heavy atom. The van der Waals surface area contributed by atoms with Crippen molar-refractivity contribution in [3.8, 4) is 5.75 Å². The third-order valence-electron chi connectivity index (χ3n) is 5.68. The van der Waals surface area contributed by atoms with E-state index in [1.807, 2.05) is 0 Å². The molecule has 1 aromatic carbocycles. The number of methoxy groups -OCH3 is 1. The van der Waals surface area contributed by atoms with Crippen LogP contribution in [0.3, 0.4) is 0 Å². The standard InChI is InChI=1S/C22H34N4O7S/c1-21(2,3)33-20(27)26(14-31-12-11-30-6)19-24-22(4)16-13-15(23)7-8-17(16)32-10-9-18(22)34(28,29)25(19)5/h7-8,13,18H,9-12,14,23H2,1-6H3/t18-,22-/m1/s1. The van der Waals surface area contributed by atoms with Crippen LogP contribution in [0, 0.1) is 0 Å². The highest BCUT2D eigenvalue weighted by molar-refractivity contribution is 7.90. The van der Waals surface area contributed by atoms with Crippen LogP contribution in [0.2, 0.25) is 0 Å². The number of sulfonamides is 1. The number of nitrogens with two attached hydrogens (primary N) is 1. The maximum Gasteiger partial charge on any atom is 0.419 e. The van der Waals surface area contributed by atoms with Crippen molar-refractivity contribution in [2.24, 2.45) is 4.99 Å². The van der Waals surface area contributed by atoms with Crippen molar-refractivity contribution in [2.75, 3.05) is 46.4 Å². The molecule has 0 unspecified atom stereocenters. The van der Waals surface area contributed by atoms with Crippen LogP contribution in [0.5, 0.6) is 5.75 Å². The number of hydrogen-bond donors (Lipinski definition) is 1. The van der Waals surface area contributed by atoms with Crippen LogP contribution >= 0.6 is 0 Å². The van der Waals surface area contributed by atoms with Crippen LogP contribution in [-0.2, 0) is 29.8 Å². The highest BCUT2D eigenvalue weighted by Crippen LogP contribution is 2.46. The lowest BCUT2D eigenvalue weighted by Gasteiger charge is -2.43. The van der Waals surface area contributed by atoms with Gasteiger partial charge < -0.3 is 24.7 Å². The zero-order valence-electron chi connectivity index (χ0n) is 20.5. The van der Waals surface area contributed by atoms with Crippen molar-refractivity contribution in [3.05, 3.63) is 23.8 Å². The minimum atomic E-state index is -3.95. The van der Waals surface area contributed by atoms with Gasteiger partial charge in [-0.3, -0.25) is 0 Å². The first-order valence-corrected chi connectivity index (χ1v) is 12.5. The Kier molecular flexibility index (Phi) is 7.34. The fourth-order valence-electron chi connectivity index (χ4n) is 3.99. The normalized spacial score (nSPS) is 23.6. The van der Waals surface area contributed by atoms with Gasteiger partial charge in [-0.15, -0.1) is 0 Å². The topological polar surface area (TPSA) is 133 Å². The molecular formula is C22H34N4O7S. The molecule has 1 aromatic rings. The summed E-state index contributed by atoms with van der Waals surface area (Å²) in [6, 6.07) is 5.06. The number of nitrogen functional groups attached to an aromatic ring is 1. The van der Waals surface area contributed by atoms with Gasteiger partial charge in [-0.05, 0) is 45.9 Å². The zero-order valence-corrected chi connectivity index (χ0v) is 21.3. The minimum absolute atomic E-state index is 0.110. The smallest absolute Gasteiger partial charge is 0.419 e. The van der Waals surface area contributed by atoms with Crippen LogP contribution in [0.4, 0.5) is 10.5 Å². The number of ether oxygens (including phenoxy) is 4. The predicted molar refractivity (Wildman–Crippen MR) is 127 cm³/mol. The summed E-state index contributed by atoms with van der Waals surface area (Å²) in [7, 11) is -1.06. The van der Waals surface area contributed by atoms with Gasteiger partial charge in [0.25, 0.3) is 0 Å². The Balaban J connectivity index is 2.15. The molecule has 34 heavy (non-hydrogen) atoms. The Morgan fingerprint density at radius 3 is 2.71 bits per heavy atom. The van der Waals surface area contributed by atoms with Gasteiger partial charge in [0.1, 0.15) is 28.9 Å². The number of benzene rings is 1. The quantitative estimate of drug-likeness (QED) is 0.371. The second-order valence-corrected chi connectivity index (χ2v) is 11.5. The molecule has 12 heteroatoms. The second kappa shape index (κ2) is 9.59. The Hall–Kier alpha value is -2.57. The number of hydrogen-bond acceptors (Lipinski definition) is 9. The molecule has 2 aliphatic rings. The fourth-order valence-corrected chi connectivity index (χ4v) is 5.89. The molecule has 0 saturated carbocycles. The predicted octanol–water partition coefficient (Wildman–Crippen LogP) is 2.12. The average molecular weight is 499 g/mol. The monoisotopic (exact) mass is 498 g/mol. The van der Waals surface area contributed by atoms with Crippen molar-refractivity contribution in [3.63, 3.8) is 0 Å². The summed E-state index contributed by atoms with van der Waals surface area (Å²) in [5, 5.41) is -0.924. The molecule has 2 N–H and O–H groups in total. The third kappa shape index (κ3) is 5.08. The van der Waals surface area contributed by atoms with Crippen molar-refractivity contribution in [1.29, 1.82) is 0 Å². The van der Waals surface area contributed by atoms with Gasteiger partial charge >= 0.3 is 6.09 Å². The highest BCUT2D eigenvalue weighted by atomic mass is 32.2. The van der Waals surface area contributed by atoms with Gasteiger partial charge in [0.05, 0.1) is 19.8 Å². The van der Waals surface area contributed by atoms with E-state index in [4.69, 9.17) is 29.7 Å². The number of rotatable bonds is 5.